The Morgan fingerprint density at radius 2 is 2.19 bits per heavy atom. The van der Waals surface area contributed by atoms with E-state index in [4.69, 9.17) is 5.73 Å². The number of amides is 1. The number of hydrogen-bond donors (Lipinski definition) is 1. The molecule has 6 nitrogen and oxygen atoms in total. The molecule has 0 aliphatic carbocycles. The zero-order chi connectivity index (χ0) is 15.5. The van der Waals surface area contributed by atoms with Gasteiger partial charge in [-0.25, -0.2) is 4.68 Å². The minimum absolute atomic E-state index is 0.120. The first-order chi connectivity index (χ1) is 9.93. The number of carbonyl (C=O) groups is 1. The van der Waals surface area contributed by atoms with Gasteiger partial charge in [-0.15, -0.1) is 0 Å². The quantitative estimate of drug-likeness (QED) is 0.900. The van der Waals surface area contributed by atoms with E-state index in [2.05, 4.69) is 10.1 Å². The first-order valence-corrected chi connectivity index (χ1v) is 6.84. The first kappa shape index (κ1) is 15.2. The maximum absolute atomic E-state index is 12.5. The van der Waals surface area contributed by atoms with Crippen LogP contribution in [0.2, 0.25) is 0 Å². The standard InChI is InChI=1S/C15H21N5O/c1-15(2,10-16)11-19(3)14(21)13-9-12(5-7-17-13)20-8-4-6-18-20/h4-9H,10-11,16H2,1-3H3. The van der Waals surface area contributed by atoms with E-state index in [1.807, 2.05) is 32.2 Å². The SMILES string of the molecule is CN(CC(C)(C)CN)C(=O)c1cc(-n2cccn2)ccn1. The molecular weight excluding hydrogens is 266 g/mol. The highest BCUT2D eigenvalue weighted by Gasteiger charge is 2.22. The van der Waals surface area contributed by atoms with Crippen LogP contribution in [0, 0.1) is 5.41 Å². The first-order valence-electron chi connectivity index (χ1n) is 6.84. The Hall–Kier alpha value is -2.21. The van der Waals surface area contributed by atoms with Gasteiger partial charge >= 0.3 is 0 Å². The second-order valence-corrected chi connectivity index (χ2v) is 5.88. The normalized spacial score (nSPS) is 11.4. The summed E-state index contributed by atoms with van der Waals surface area (Å²) in [6, 6.07) is 5.38. The van der Waals surface area contributed by atoms with Crippen LogP contribution < -0.4 is 5.73 Å². The summed E-state index contributed by atoms with van der Waals surface area (Å²) in [5.74, 6) is -0.120. The molecule has 0 saturated carbocycles. The molecule has 0 unspecified atom stereocenters. The Morgan fingerprint density at radius 3 is 2.81 bits per heavy atom. The minimum Gasteiger partial charge on any atom is -0.340 e. The van der Waals surface area contributed by atoms with E-state index in [0.717, 1.165) is 5.69 Å². The maximum Gasteiger partial charge on any atom is 0.272 e. The Bertz CT molecular complexity index is 606. The summed E-state index contributed by atoms with van der Waals surface area (Å²) in [5.41, 5.74) is 6.81. The van der Waals surface area contributed by atoms with Crippen molar-refractivity contribution in [2.24, 2.45) is 11.1 Å². The Balaban J connectivity index is 2.18. The Kier molecular flexibility index (Phi) is 4.37. The molecule has 2 heterocycles. The summed E-state index contributed by atoms with van der Waals surface area (Å²) >= 11 is 0. The molecule has 0 spiro atoms. The smallest absolute Gasteiger partial charge is 0.272 e. The third-order valence-electron chi connectivity index (χ3n) is 3.30. The molecule has 0 aliphatic heterocycles. The number of nitrogens with two attached hydrogens (primary N) is 1. The molecule has 0 radical (unpaired) electrons. The highest BCUT2D eigenvalue weighted by atomic mass is 16.2. The summed E-state index contributed by atoms with van der Waals surface area (Å²) in [6.45, 7) is 5.16. The third-order valence-corrected chi connectivity index (χ3v) is 3.30. The fraction of sp³-hybridized carbons (Fsp3) is 0.400. The van der Waals surface area contributed by atoms with Crippen LogP contribution in [0.15, 0.2) is 36.8 Å². The lowest BCUT2D eigenvalue weighted by atomic mass is 9.93. The van der Waals surface area contributed by atoms with E-state index >= 15 is 0 Å². The number of nitrogens with zero attached hydrogens (tertiary/aromatic N) is 4. The van der Waals surface area contributed by atoms with Crippen molar-refractivity contribution in [3.8, 4) is 5.69 Å². The maximum atomic E-state index is 12.5. The number of rotatable bonds is 5. The van der Waals surface area contributed by atoms with E-state index in [0.29, 0.717) is 18.8 Å². The van der Waals surface area contributed by atoms with Crippen molar-refractivity contribution >= 4 is 5.91 Å². The van der Waals surface area contributed by atoms with Crippen molar-refractivity contribution in [3.63, 3.8) is 0 Å². The molecule has 2 aromatic heterocycles. The topological polar surface area (TPSA) is 77.0 Å². The van der Waals surface area contributed by atoms with Crippen LogP contribution >= 0.6 is 0 Å². The Labute approximate surface area is 124 Å². The van der Waals surface area contributed by atoms with Crippen molar-refractivity contribution in [2.45, 2.75) is 13.8 Å². The van der Waals surface area contributed by atoms with Gasteiger partial charge in [0.05, 0.1) is 5.69 Å². The Morgan fingerprint density at radius 1 is 1.43 bits per heavy atom. The second-order valence-electron chi connectivity index (χ2n) is 5.88. The van der Waals surface area contributed by atoms with Crippen LogP contribution in [0.25, 0.3) is 5.69 Å². The summed E-state index contributed by atoms with van der Waals surface area (Å²) in [7, 11) is 1.77. The van der Waals surface area contributed by atoms with Gasteiger partial charge in [0.2, 0.25) is 0 Å². The van der Waals surface area contributed by atoms with Gasteiger partial charge in [-0.05, 0) is 30.2 Å². The summed E-state index contributed by atoms with van der Waals surface area (Å²) in [6.07, 6.45) is 5.13. The van der Waals surface area contributed by atoms with Crippen molar-refractivity contribution in [3.05, 3.63) is 42.5 Å². The van der Waals surface area contributed by atoms with Crippen molar-refractivity contribution < 1.29 is 4.79 Å². The van der Waals surface area contributed by atoms with Gasteiger partial charge in [0.25, 0.3) is 5.91 Å². The van der Waals surface area contributed by atoms with Gasteiger partial charge in [0.15, 0.2) is 0 Å². The van der Waals surface area contributed by atoms with Crippen LogP contribution in [0.1, 0.15) is 24.3 Å². The second kappa shape index (κ2) is 6.05. The molecule has 2 rings (SSSR count). The highest BCUT2D eigenvalue weighted by Crippen LogP contribution is 2.16. The molecule has 0 saturated heterocycles. The lowest BCUT2D eigenvalue weighted by molar-refractivity contribution is 0.0734. The highest BCUT2D eigenvalue weighted by molar-refractivity contribution is 5.92. The van der Waals surface area contributed by atoms with E-state index in [1.54, 1.807) is 35.1 Å². The van der Waals surface area contributed by atoms with Gasteiger partial charge in [-0.1, -0.05) is 13.8 Å². The molecule has 112 valence electrons. The van der Waals surface area contributed by atoms with Gasteiger partial charge in [0.1, 0.15) is 5.69 Å². The van der Waals surface area contributed by atoms with Crippen LogP contribution in [0.3, 0.4) is 0 Å². The molecule has 0 aromatic carbocycles. The molecule has 1 amide bonds. The van der Waals surface area contributed by atoms with Crippen LogP contribution in [-0.4, -0.2) is 45.7 Å². The molecule has 6 heteroatoms. The lowest BCUT2D eigenvalue weighted by Gasteiger charge is -2.28. The largest absolute Gasteiger partial charge is 0.340 e. The zero-order valence-corrected chi connectivity index (χ0v) is 12.7. The van der Waals surface area contributed by atoms with Gasteiger partial charge in [-0.2, -0.15) is 5.10 Å². The van der Waals surface area contributed by atoms with Gasteiger partial charge in [0, 0.05) is 32.2 Å². The molecule has 2 N–H and O–H groups in total. The third kappa shape index (κ3) is 3.66. The fourth-order valence-electron chi connectivity index (χ4n) is 2.07. The summed E-state index contributed by atoms with van der Waals surface area (Å²) < 4.78 is 1.70. The predicted molar refractivity (Wildman–Crippen MR) is 81.2 cm³/mol. The molecular formula is C15H21N5O. The van der Waals surface area contributed by atoms with Gasteiger partial charge < -0.3 is 10.6 Å². The monoisotopic (exact) mass is 287 g/mol. The van der Waals surface area contributed by atoms with E-state index < -0.39 is 0 Å². The minimum atomic E-state index is -0.121. The summed E-state index contributed by atoms with van der Waals surface area (Å²) in [5, 5.41) is 4.15. The molecule has 0 aliphatic rings. The molecule has 21 heavy (non-hydrogen) atoms. The number of aromatic nitrogens is 3. The number of hydrogen-bond acceptors (Lipinski definition) is 4. The van der Waals surface area contributed by atoms with Crippen LogP contribution in [0.5, 0.6) is 0 Å². The molecule has 0 bridgehead atoms. The average Bonchev–Trinajstić information content (AvgIpc) is 3.00. The zero-order valence-electron chi connectivity index (χ0n) is 12.7. The fourth-order valence-corrected chi connectivity index (χ4v) is 2.07. The molecule has 2 aromatic rings. The van der Waals surface area contributed by atoms with Crippen molar-refractivity contribution in [1.29, 1.82) is 0 Å². The number of carbonyl (C=O) groups excluding carboxylic acids is 1. The summed E-state index contributed by atoms with van der Waals surface area (Å²) in [4.78, 5) is 18.3. The molecule has 0 fully saturated rings. The van der Waals surface area contributed by atoms with Gasteiger partial charge in [-0.3, -0.25) is 9.78 Å². The van der Waals surface area contributed by atoms with E-state index in [-0.39, 0.29) is 11.3 Å². The average molecular weight is 287 g/mol. The van der Waals surface area contributed by atoms with E-state index in [9.17, 15) is 4.79 Å². The lowest BCUT2D eigenvalue weighted by Crippen LogP contribution is -2.40. The van der Waals surface area contributed by atoms with Crippen molar-refractivity contribution in [2.75, 3.05) is 20.1 Å². The number of pyridine rings is 1. The van der Waals surface area contributed by atoms with Crippen molar-refractivity contribution in [1.82, 2.24) is 19.7 Å². The molecule has 0 atom stereocenters. The predicted octanol–water partition coefficient (Wildman–Crippen LogP) is 1.32. The van der Waals surface area contributed by atoms with E-state index in [1.165, 1.54) is 0 Å². The van der Waals surface area contributed by atoms with Crippen LogP contribution in [0.4, 0.5) is 0 Å². The van der Waals surface area contributed by atoms with Crippen LogP contribution in [-0.2, 0) is 0 Å².